The van der Waals surface area contributed by atoms with Crippen molar-refractivity contribution in [2.24, 2.45) is 0 Å². The number of halogens is 1. The zero-order chi connectivity index (χ0) is 87.2. The minimum atomic E-state index is -0.595. The summed E-state index contributed by atoms with van der Waals surface area (Å²) in [6.45, 7) is 46.7. The van der Waals surface area contributed by atoms with Crippen molar-refractivity contribution < 1.29 is 25.5 Å². The maximum Gasteiger partial charge on any atom is 2.00 e. The fourth-order valence-corrected chi connectivity index (χ4v) is 14.5. The molecule has 3 heterocycles. The molecule has 0 radical (unpaired) electrons. The van der Waals surface area contributed by atoms with Gasteiger partial charge in [-0.15, -0.1) is 18.2 Å². The predicted molar refractivity (Wildman–Crippen MR) is 513 cm³/mol. The van der Waals surface area contributed by atoms with E-state index in [-0.39, 0.29) is 37.5 Å². The van der Waals surface area contributed by atoms with Gasteiger partial charge in [-0.1, -0.05) is 337 Å². The van der Waals surface area contributed by atoms with E-state index < -0.39 is 11.4 Å². The first-order valence-electron chi connectivity index (χ1n) is 42.6. The van der Waals surface area contributed by atoms with Gasteiger partial charge in [0.25, 0.3) is 0 Å². The number of para-hydroxylation sites is 1. The third kappa shape index (κ3) is 27.0. The molecule has 16 rings (SSSR count). The summed E-state index contributed by atoms with van der Waals surface area (Å²) >= 11 is 0. The second-order valence-corrected chi connectivity index (χ2v) is 33.8. The van der Waals surface area contributed by atoms with Gasteiger partial charge < -0.3 is 9.97 Å². The Bertz CT molecular complexity index is 5620. The largest absolute Gasteiger partial charge is 2.00 e. The third-order valence-electron chi connectivity index (χ3n) is 23.3. The topological polar surface area (TPSA) is 56.5 Å². The molecule has 15 aromatic rings. The molecule has 0 spiro atoms. The molecule has 7 heteroatoms. The summed E-state index contributed by atoms with van der Waals surface area (Å²) in [5, 5.41) is 4.59. The van der Waals surface area contributed by atoms with Crippen molar-refractivity contribution in [3.05, 3.63) is 474 Å². The molecule has 0 atom stereocenters. The summed E-state index contributed by atoms with van der Waals surface area (Å²) in [5.41, 5.74) is 34.0. The standard InChI is InChI=1S/C27H24.C21H16FN5.C14H20.C14H14.C12H18.C10H12.C9H12.C8H10.Pt/c1-21-18-19-26(20-22(21)2)27(23-12-6-3-7-13-23,24-14-8-4-9-15-24)25-16-10-5-11-17-25;1-21(2,20-24-14-27(26-20)15-8-4-3-5-9-15)18-12-6-11-17(25-18)16-10-7-13-23-19(16)22;2*1-11-8-9-14(10-12(11)2)13-6-4-3-5-7-13;1-9-6-7-11(8-10(9)2)12(3,4)5;1-4-10-6-5-8(2)9(3)7-10;1-7-4-5-8(2)9(3)6-7;1-7-5-3-4-6-8(7)2;/h3-20H,1-2H3;3-8,11-14H,1-2H3;8-10,13H,3-7H2,1-2H3;3-10H,1-2H3;6-8H,1-5H3;4-7H,1H2,2-3H3;4-6H,1-3H3;3-6H,1-2H3;/q;-2;;;;;;;+2. The van der Waals surface area contributed by atoms with Crippen LogP contribution in [-0.4, -0.2) is 24.7 Å². The summed E-state index contributed by atoms with van der Waals surface area (Å²) in [6, 6.07) is 112. The Morgan fingerprint density at radius 3 is 1.32 bits per heavy atom. The van der Waals surface area contributed by atoms with E-state index >= 15 is 0 Å². The molecule has 0 saturated heterocycles. The van der Waals surface area contributed by atoms with E-state index in [1.54, 1.807) is 28.7 Å². The van der Waals surface area contributed by atoms with Crippen LogP contribution in [0.4, 0.5) is 4.39 Å². The molecule has 0 N–H and O–H groups in total. The number of pyridine rings is 2. The van der Waals surface area contributed by atoms with Gasteiger partial charge >= 0.3 is 21.1 Å². The number of nitrogens with zero attached hydrogens (tertiary/aromatic N) is 5. The van der Waals surface area contributed by atoms with Crippen molar-refractivity contribution in [2.45, 2.75) is 193 Å². The summed E-state index contributed by atoms with van der Waals surface area (Å²) in [6.07, 6.45) is 12.0. The minimum Gasteiger partial charge on any atom is -0.326 e. The normalized spacial score (nSPS) is 11.6. The molecule has 0 unspecified atom stereocenters. The van der Waals surface area contributed by atoms with E-state index in [1.165, 1.54) is 166 Å². The molecule has 0 bridgehead atoms. The van der Waals surface area contributed by atoms with Crippen LogP contribution in [0.5, 0.6) is 0 Å². The molecule has 122 heavy (non-hydrogen) atoms. The average molecular weight is 1790 g/mol. The number of aryl methyl sites for hydroxylation is 15. The van der Waals surface area contributed by atoms with Gasteiger partial charge in [0.1, 0.15) is 12.3 Å². The maximum atomic E-state index is 14.0. The number of benzene rings is 12. The number of rotatable bonds is 11. The molecule has 5 nitrogen and oxygen atoms in total. The van der Waals surface area contributed by atoms with E-state index in [0.29, 0.717) is 11.5 Å². The Morgan fingerprint density at radius 1 is 0.385 bits per heavy atom. The molecule has 1 aliphatic carbocycles. The van der Waals surface area contributed by atoms with Crippen LogP contribution < -0.4 is 0 Å². The molecule has 3 aromatic heterocycles. The van der Waals surface area contributed by atoms with Crippen LogP contribution in [0.3, 0.4) is 0 Å². The summed E-state index contributed by atoms with van der Waals surface area (Å²) < 4.78 is 15.7. The van der Waals surface area contributed by atoms with Crippen molar-refractivity contribution >= 4 is 6.08 Å². The molecule has 1 fully saturated rings. The molecule has 628 valence electrons. The second kappa shape index (κ2) is 46.5. The van der Waals surface area contributed by atoms with Crippen LogP contribution in [0.1, 0.15) is 207 Å². The summed E-state index contributed by atoms with van der Waals surface area (Å²) in [4.78, 5) is 12.8. The van der Waals surface area contributed by atoms with Crippen molar-refractivity contribution in [2.75, 3.05) is 0 Å². The number of hydrogen-bond acceptors (Lipinski definition) is 4. The Hall–Kier alpha value is -11.6. The van der Waals surface area contributed by atoms with E-state index in [4.69, 9.17) is 0 Å². The van der Waals surface area contributed by atoms with Crippen molar-refractivity contribution in [3.8, 4) is 28.1 Å². The van der Waals surface area contributed by atoms with Gasteiger partial charge in [0, 0.05) is 5.69 Å². The molecular formula is C115H126FN5Pt. The first-order valence-corrected chi connectivity index (χ1v) is 42.6. The Labute approximate surface area is 746 Å². The van der Waals surface area contributed by atoms with Gasteiger partial charge in [0.2, 0.25) is 0 Å². The van der Waals surface area contributed by atoms with Crippen molar-refractivity contribution in [1.29, 1.82) is 0 Å². The summed E-state index contributed by atoms with van der Waals surface area (Å²) in [7, 11) is 0. The fourth-order valence-electron chi connectivity index (χ4n) is 14.5. The number of hydrogen-bond donors (Lipinski definition) is 0. The fraction of sp³-hybridized carbons (Fsp3) is 0.252. The zero-order valence-corrected chi connectivity index (χ0v) is 78.1. The summed E-state index contributed by atoms with van der Waals surface area (Å²) in [5.74, 6) is 0.866. The van der Waals surface area contributed by atoms with E-state index in [2.05, 4.69) is 412 Å². The van der Waals surface area contributed by atoms with Crippen LogP contribution in [0, 0.1) is 122 Å². The molecule has 1 saturated carbocycles. The quantitative estimate of drug-likeness (QED) is 0.0736. The minimum absolute atomic E-state index is 0. The van der Waals surface area contributed by atoms with Gasteiger partial charge in [0.05, 0.1) is 10.8 Å². The predicted octanol–water partition coefficient (Wildman–Crippen LogP) is 30.3. The second-order valence-electron chi connectivity index (χ2n) is 33.8. The first-order chi connectivity index (χ1) is 58.0. The molecule has 1 aliphatic rings. The average Bonchev–Trinajstić information content (AvgIpc) is 0.872. The molecule has 12 aromatic carbocycles. The van der Waals surface area contributed by atoms with Crippen LogP contribution >= 0.6 is 0 Å². The van der Waals surface area contributed by atoms with Gasteiger partial charge in [-0.25, -0.2) is 14.1 Å². The Kier molecular flexibility index (Phi) is 36.5. The SMILES string of the molecule is C=Cc1ccc(C)c(C)c1.CC(C)(c1cccc(-c2[c-]ccnc2F)n1)c1ncn(-c2[c-]cccc2)n1.Cc1ccc(-c2ccccc2)cc1C.Cc1ccc(C(C)(C)C)cc1C.Cc1ccc(C(c2ccccc2)(c2ccccc2)c2ccccc2)cc1C.Cc1ccc(C)c(C)c1.Cc1ccc(C2CCCCC2)cc1C.Cc1ccccc1C.[Pt+2]. The van der Waals surface area contributed by atoms with Crippen molar-refractivity contribution in [1.82, 2.24) is 24.7 Å². The van der Waals surface area contributed by atoms with Crippen LogP contribution in [-0.2, 0) is 37.3 Å². The van der Waals surface area contributed by atoms with Gasteiger partial charge in [-0.2, -0.15) is 29.4 Å². The van der Waals surface area contributed by atoms with Gasteiger partial charge in [-0.3, -0.25) is 0 Å². The van der Waals surface area contributed by atoms with Gasteiger partial charge in [0.15, 0.2) is 5.82 Å². The molecule has 0 aliphatic heterocycles. The van der Waals surface area contributed by atoms with Crippen LogP contribution in [0.2, 0.25) is 0 Å². The number of aromatic nitrogens is 5. The van der Waals surface area contributed by atoms with E-state index in [9.17, 15) is 4.39 Å². The molecule has 0 amide bonds. The maximum absolute atomic E-state index is 14.0. The van der Waals surface area contributed by atoms with Crippen LogP contribution in [0.15, 0.2) is 322 Å². The van der Waals surface area contributed by atoms with E-state index in [1.807, 2.05) is 62.4 Å². The third-order valence-corrected chi connectivity index (χ3v) is 23.3. The Morgan fingerprint density at radius 2 is 0.844 bits per heavy atom. The zero-order valence-electron chi connectivity index (χ0n) is 75.8. The van der Waals surface area contributed by atoms with Crippen molar-refractivity contribution in [3.63, 3.8) is 0 Å². The first kappa shape index (κ1) is 95.9. The monoisotopic (exact) mass is 1790 g/mol. The Balaban J connectivity index is 0.000000180. The molecular weight excluding hydrogens is 1670 g/mol. The van der Waals surface area contributed by atoms with Gasteiger partial charge in [-0.05, 0) is 287 Å². The smallest absolute Gasteiger partial charge is 0.326 e. The van der Waals surface area contributed by atoms with E-state index in [0.717, 1.165) is 17.3 Å². The van der Waals surface area contributed by atoms with Crippen LogP contribution in [0.25, 0.3) is 34.1 Å².